The number of rotatable bonds is 4. The molecule has 1 rings (SSSR count). The molecule has 0 heterocycles. The van der Waals surface area contributed by atoms with Gasteiger partial charge in [-0.25, -0.2) is 4.79 Å². The van der Waals surface area contributed by atoms with E-state index in [1.54, 1.807) is 37.3 Å². The fourth-order valence-corrected chi connectivity index (χ4v) is 1.19. The molecule has 1 aromatic rings. The Labute approximate surface area is 120 Å². The van der Waals surface area contributed by atoms with Crippen molar-refractivity contribution in [1.82, 2.24) is 0 Å². The summed E-state index contributed by atoms with van der Waals surface area (Å²) in [5.74, 6) is -0.480. The Morgan fingerprint density at radius 1 is 1.31 bits per heavy atom. The van der Waals surface area contributed by atoms with Crippen molar-refractivity contribution in [2.75, 3.05) is 6.61 Å². The van der Waals surface area contributed by atoms with Gasteiger partial charge in [-0.15, -0.1) is 0 Å². The lowest BCUT2D eigenvalue weighted by molar-refractivity contribution is -0.144. The highest BCUT2D eigenvalue weighted by Crippen LogP contribution is 2.25. The molecule has 0 radical (unpaired) electrons. The van der Waals surface area contributed by atoms with Crippen molar-refractivity contribution >= 4 is 52.2 Å². The van der Waals surface area contributed by atoms with Gasteiger partial charge in [0.2, 0.25) is 0 Å². The van der Waals surface area contributed by atoms with Crippen LogP contribution in [0.2, 0.25) is 0 Å². The lowest BCUT2D eigenvalue weighted by atomic mass is 10.3. The lowest BCUT2D eigenvalue weighted by Gasteiger charge is -2.16. The van der Waals surface area contributed by atoms with Crippen molar-refractivity contribution < 1.29 is 14.3 Å². The van der Waals surface area contributed by atoms with E-state index in [2.05, 4.69) is 0 Å². The monoisotopic (exact) mass is 274 g/mol. The second-order valence-corrected chi connectivity index (χ2v) is 3.91. The van der Waals surface area contributed by atoms with Gasteiger partial charge in [0.25, 0.3) is 0 Å². The highest BCUT2D eigenvalue weighted by molar-refractivity contribution is 6.56. The van der Waals surface area contributed by atoms with Crippen molar-refractivity contribution in [3.63, 3.8) is 0 Å². The smallest absolute Gasteiger partial charge is 0.376 e. The molecule has 0 atom stereocenters. The normalized spacial score (nSPS) is 10.4. The van der Waals surface area contributed by atoms with Crippen LogP contribution in [0.25, 0.3) is 0 Å². The van der Waals surface area contributed by atoms with Crippen LogP contribution in [-0.4, -0.2) is 40.1 Å². The summed E-state index contributed by atoms with van der Waals surface area (Å²) in [6.07, 6.45) is 0. The largest absolute Gasteiger partial charge is 0.422 e. The van der Waals surface area contributed by atoms with Crippen LogP contribution in [0.4, 0.5) is 0 Å². The van der Waals surface area contributed by atoms with E-state index in [1.807, 2.05) is 0 Å². The van der Waals surface area contributed by atoms with E-state index >= 15 is 0 Å². The standard InChI is InChI=1S/C10H10Cl2O3.Mg.2H/c1-2-14-10(11,12)9(13)15-8-6-4-3-5-7-8;;;/h3-7H,2H2,1H3;;;. The average Bonchev–Trinajstić information content (AvgIpc) is 2.19. The quantitative estimate of drug-likeness (QED) is 0.364. The number of alkyl halides is 2. The molecular formula is C10H12Cl2MgO3. The predicted octanol–water partition coefficient (Wildman–Crippen LogP) is 1.84. The molecular weight excluding hydrogens is 263 g/mol. The summed E-state index contributed by atoms with van der Waals surface area (Å²) in [7, 11) is 0. The van der Waals surface area contributed by atoms with Crippen molar-refractivity contribution in [2.24, 2.45) is 0 Å². The molecule has 0 aliphatic heterocycles. The minimum Gasteiger partial charge on any atom is -0.422 e. The summed E-state index contributed by atoms with van der Waals surface area (Å²) in [4.78, 5) is 11.4. The Balaban J connectivity index is 0.00000225. The molecule has 1 aromatic carbocycles. The van der Waals surface area contributed by atoms with E-state index < -0.39 is 10.5 Å². The van der Waals surface area contributed by atoms with Crippen LogP contribution in [0.1, 0.15) is 6.92 Å². The van der Waals surface area contributed by atoms with Crippen molar-refractivity contribution in [3.8, 4) is 5.75 Å². The van der Waals surface area contributed by atoms with Crippen LogP contribution >= 0.6 is 23.2 Å². The third-order valence-corrected chi connectivity index (χ3v) is 2.04. The summed E-state index contributed by atoms with van der Waals surface area (Å²) in [6, 6.07) is 8.50. The van der Waals surface area contributed by atoms with E-state index in [1.165, 1.54) is 0 Å². The van der Waals surface area contributed by atoms with Crippen LogP contribution in [0, 0.1) is 0 Å². The lowest BCUT2D eigenvalue weighted by Crippen LogP contribution is -2.33. The molecule has 0 fully saturated rings. The van der Waals surface area contributed by atoms with Crippen molar-refractivity contribution in [3.05, 3.63) is 30.3 Å². The van der Waals surface area contributed by atoms with Gasteiger partial charge in [-0.2, -0.15) is 0 Å². The number of carbonyl (C=O) groups excluding carboxylic acids is 1. The van der Waals surface area contributed by atoms with Gasteiger partial charge in [0.15, 0.2) is 0 Å². The fourth-order valence-electron chi connectivity index (χ4n) is 0.895. The number of hydrogen-bond acceptors (Lipinski definition) is 3. The SMILES string of the molecule is CCOC(Cl)(Cl)C(=O)Oc1ccccc1.[MgH2]. The first-order valence-electron chi connectivity index (χ1n) is 4.35. The van der Waals surface area contributed by atoms with Crippen molar-refractivity contribution in [2.45, 2.75) is 11.4 Å². The Morgan fingerprint density at radius 3 is 2.38 bits per heavy atom. The molecule has 0 spiro atoms. The summed E-state index contributed by atoms with van der Waals surface area (Å²) in [6.45, 7) is 1.90. The zero-order valence-electron chi connectivity index (χ0n) is 8.07. The molecule has 0 amide bonds. The maximum Gasteiger partial charge on any atom is 0.376 e. The first-order valence-corrected chi connectivity index (χ1v) is 5.11. The van der Waals surface area contributed by atoms with Gasteiger partial charge in [-0.05, 0) is 19.1 Å². The summed E-state index contributed by atoms with van der Waals surface area (Å²) < 4.78 is 7.77. The second-order valence-electron chi connectivity index (χ2n) is 2.65. The number of ether oxygens (including phenoxy) is 2. The number of halogens is 2. The van der Waals surface area contributed by atoms with Crippen LogP contribution < -0.4 is 4.74 Å². The van der Waals surface area contributed by atoms with Gasteiger partial charge < -0.3 is 9.47 Å². The molecule has 6 heteroatoms. The number of carbonyl (C=O) groups is 1. The van der Waals surface area contributed by atoms with Crippen LogP contribution in [-0.2, 0) is 9.53 Å². The van der Waals surface area contributed by atoms with Crippen LogP contribution in [0.5, 0.6) is 5.75 Å². The van der Waals surface area contributed by atoms with Gasteiger partial charge in [0.1, 0.15) is 5.75 Å². The minimum absolute atomic E-state index is 0. The maximum atomic E-state index is 11.4. The van der Waals surface area contributed by atoms with Gasteiger partial charge >= 0.3 is 33.5 Å². The highest BCUT2D eigenvalue weighted by Gasteiger charge is 2.36. The average molecular weight is 275 g/mol. The molecule has 0 aliphatic carbocycles. The predicted molar refractivity (Wildman–Crippen MR) is 66.7 cm³/mol. The van der Waals surface area contributed by atoms with Crippen molar-refractivity contribution in [1.29, 1.82) is 0 Å². The summed E-state index contributed by atoms with van der Waals surface area (Å²) >= 11 is 11.2. The number of hydrogen-bond donors (Lipinski definition) is 0. The molecule has 0 saturated heterocycles. The fraction of sp³-hybridized carbons (Fsp3) is 0.300. The Morgan fingerprint density at radius 2 is 1.88 bits per heavy atom. The van der Waals surface area contributed by atoms with Crippen LogP contribution in [0.15, 0.2) is 30.3 Å². The first kappa shape index (κ1) is 16.0. The molecule has 0 N–H and O–H groups in total. The third kappa shape index (κ3) is 4.89. The number of para-hydroxylation sites is 1. The third-order valence-electron chi connectivity index (χ3n) is 1.52. The van der Waals surface area contributed by atoms with Gasteiger partial charge in [0.05, 0.1) is 0 Å². The highest BCUT2D eigenvalue weighted by atomic mass is 35.5. The van der Waals surface area contributed by atoms with E-state index in [0.29, 0.717) is 5.75 Å². The molecule has 3 nitrogen and oxygen atoms in total. The number of esters is 1. The zero-order valence-corrected chi connectivity index (χ0v) is 9.59. The topological polar surface area (TPSA) is 35.5 Å². The van der Waals surface area contributed by atoms with Gasteiger partial charge in [-0.1, -0.05) is 41.4 Å². The first-order chi connectivity index (χ1) is 7.06. The molecule has 16 heavy (non-hydrogen) atoms. The Kier molecular flexibility index (Phi) is 7.35. The Hall–Kier alpha value is -0.00377. The summed E-state index contributed by atoms with van der Waals surface area (Å²) in [5.41, 5.74) is 0. The number of benzene rings is 1. The molecule has 0 bridgehead atoms. The minimum atomic E-state index is -1.95. The summed E-state index contributed by atoms with van der Waals surface area (Å²) in [5, 5.41) is 0. The second kappa shape index (κ2) is 7.35. The molecule has 0 unspecified atom stereocenters. The maximum absolute atomic E-state index is 11.4. The van der Waals surface area contributed by atoms with E-state index in [4.69, 9.17) is 32.7 Å². The van der Waals surface area contributed by atoms with Gasteiger partial charge in [0, 0.05) is 6.61 Å². The zero-order chi connectivity index (χ0) is 11.3. The van der Waals surface area contributed by atoms with E-state index in [9.17, 15) is 4.79 Å². The van der Waals surface area contributed by atoms with E-state index in [0.717, 1.165) is 0 Å². The molecule has 86 valence electrons. The van der Waals surface area contributed by atoms with Crippen LogP contribution in [0.3, 0.4) is 0 Å². The van der Waals surface area contributed by atoms with Gasteiger partial charge in [-0.3, -0.25) is 0 Å². The molecule has 0 saturated carbocycles. The molecule has 0 aliphatic rings. The molecule has 0 aromatic heterocycles. The Bertz CT molecular complexity index is 330. The van der Waals surface area contributed by atoms with E-state index in [-0.39, 0.29) is 29.7 Å².